The van der Waals surface area contributed by atoms with Crippen molar-refractivity contribution in [3.8, 4) is 0 Å². The number of hydrogen-bond acceptors (Lipinski definition) is 2. The van der Waals surface area contributed by atoms with Crippen LogP contribution < -0.4 is 0 Å². The van der Waals surface area contributed by atoms with Crippen molar-refractivity contribution in [1.82, 2.24) is 0 Å². The molecule has 108 valence electrons. The van der Waals surface area contributed by atoms with Gasteiger partial charge in [0.1, 0.15) is 6.10 Å². The van der Waals surface area contributed by atoms with Gasteiger partial charge in [-0.25, -0.2) is 0 Å². The van der Waals surface area contributed by atoms with Crippen LogP contribution in [0.3, 0.4) is 0 Å². The van der Waals surface area contributed by atoms with Crippen LogP contribution in [0.2, 0.25) is 0 Å². The summed E-state index contributed by atoms with van der Waals surface area (Å²) < 4.78 is 5.84. The first-order valence-corrected chi connectivity index (χ1v) is 7.64. The molecule has 0 saturated heterocycles. The van der Waals surface area contributed by atoms with Crippen molar-refractivity contribution in [3.63, 3.8) is 0 Å². The molecule has 0 aliphatic rings. The van der Waals surface area contributed by atoms with E-state index in [0.717, 1.165) is 25.0 Å². The van der Waals surface area contributed by atoms with Gasteiger partial charge in [-0.1, -0.05) is 69.9 Å². The van der Waals surface area contributed by atoms with Gasteiger partial charge in [0.05, 0.1) is 6.10 Å². The van der Waals surface area contributed by atoms with Crippen molar-refractivity contribution in [2.24, 2.45) is 0 Å². The standard InChI is InChI=1S/C17H28O2/c1-3-5-6-7-11-14-19-16(4-2)17(18)15-12-9-8-10-13-15/h8-10,12-13,16-18H,3-7,11,14H2,1-2H3. The Morgan fingerprint density at radius 2 is 1.68 bits per heavy atom. The van der Waals surface area contributed by atoms with Crippen molar-refractivity contribution in [2.45, 2.75) is 64.6 Å². The predicted octanol–water partition coefficient (Wildman–Crippen LogP) is 4.49. The summed E-state index contributed by atoms with van der Waals surface area (Å²) in [6.45, 7) is 5.04. The van der Waals surface area contributed by atoms with Gasteiger partial charge in [-0.3, -0.25) is 0 Å². The Hall–Kier alpha value is -0.860. The first-order chi connectivity index (χ1) is 9.29. The lowest BCUT2D eigenvalue weighted by Gasteiger charge is -2.22. The van der Waals surface area contributed by atoms with Gasteiger partial charge in [-0.05, 0) is 18.4 Å². The van der Waals surface area contributed by atoms with Crippen molar-refractivity contribution >= 4 is 0 Å². The zero-order chi connectivity index (χ0) is 13.9. The molecule has 1 N–H and O–H groups in total. The summed E-state index contributed by atoms with van der Waals surface area (Å²) >= 11 is 0. The molecule has 0 heterocycles. The number of ether oxygens (including phenoxy) is 1. The van der Waals surface area contributed by atoms with E-state index in [1.165, 1.54) is 25.7 Å². The molecular weight excluding hydrogens is 236 g/mol. The summed E-state index contributed by atoms with van der Waals surface area (Å²) in [7, 11) is 0. The molecule has 1 rings (SSSR count). The minimum Gasteiger partial charge on any atom is -0.386 e. The Kier molecular flexibility index (Phi) is 8.52. The summed E-state index contributed by atoms with van der Waals surface area (Å²) in [5.41, 5.74) is 0.945. The molecule has 0 aliphatic carbocycles. The molecule has 2 nitrogen and oxygen atoms in total. The molecule has 0 aliphatic heterocycles. The number of aliphatic hydroxyl groups is 1. The van der Waals surface area contributed by atoms with E-state index in [2.05, 4.69) is 13.8 Å². The molecule has 0 bridgehead atoms. The monoisotopic (exact) mass is 264 g/mol. The van der Waals surface area contributed by atoms with Crippen LogP contribution in [-0.2, 0) is 4.74 Å². The third-order valence-electron chi connectivity index (χ3n) is 3.48. The van der Waals surface area contributed by atoms with E-state index in [1.54, 1.807) is 0 Å². The zero-order valence-corrected chi connectivity index (χ0v) is 12.3. The van der Waals surface area contributed by atoms with Gasteiger partial charge < -0.3 is 9.84 Å². The Balaban J connectivity index is 2.29. The van der Waals surface area contributed by atoms with Crippen LogP contribution in [-0.4, -0.2) is 17.8 Å². The molecule has 1 aromatic carbocycles. The van der Waals surface area contributed by atoms with Crippen LogP contribution in [0.1, 0.15) is 64.0 Å². The number of rotatable bonds is 10. The van der Waals surface area contributed by atoms with E-state index in [9.17, 15) is 5.11 Å². The van der Waals surface area contributed by atoms with Crippen LogP contribution in [0.15, 0.2) is 30.3 Å². The molecule has 0 spiro atoms. The van der Waals surface area contributed by atoms with Gasteiger partial charge in [-0.15, -0.1) is 0 Å². The summed E-state index contributed by atoms with van der Waals surface area (Å²) in [5.74, 6) is 0. The SMILES string of the molecule is CCCCCCCOC(CC)C(O)c1ccccc1. The fourth-order valence-corrected chi connectivity index (χ4v) is 2.24. The average Bonchev–Trinajstić information content (AvgIpc) is 2.47. The van der Waals surface area contributed by atoms with Crippen LogP contribution in [0.25, 0.3) is 0 Å². The molecule has 0 aromatic heterocycles. The smallest absolute Gasteiger partial charge is 0.105 e. The maximum absolute atomic E-state index is 10.3. The third-order valence-corrected chi connectivity index (χ3v) is 3.48. The third kappa shape index (κ3) is 6.22. The fourth-order valence-electron chi connectivity index (χ4n) is 2.24. The summed E-state index contributed by atoms with van der Waals surface area (Å²) in [4.78, 5) is 0. The van der Waals surface area contributed by atoms with Crippen LogP contribution in [0, 0.1) is 0 Å². The van der Waals surface area contributed by atoms with Crippen LogP contribution in [0.5, 0.6) is 0 Å². The van der Waals surface area contributed by atoms with Crippen molar-refractivity contribution in [2.75, 3.05) is 6.61 Å². The second-order valence-electron chi connectivity index (χ2n) is 5.09. The summed E-state index contributed by atoms with van der Waals surface area (Å²) in [6.07, 6.45) is 6.43. The minimum absolute atomic E-state index is 0.0893. The van der Waals surface area contributed by atoms with E-state index in [4.69, 9.17) is 4.74 Å². The number of hydrogen-bond donors (Lipinski definition) is 1. The molecule has 0 radical (unpaired) electrons. The summed E-state index contributed by atoms with van der Waals surface area (Å²) in [6, 6.07) is 9.79. The highest BCUT2D eigenvalue weighted by Crippen LogP contribution is 2.21. The van der Waals surface area contributed by atoms with Gasteiger partial charge in [0, 0.05) is 6.61 Å². The van der Waals surface area contributed by atoms with E-state index in [-0.39, 0.29) is 6.10 Å². The number of aliphatic hydroxyl groups excluding tert-OH is 1. The molecule has 0 amide bonds. The van der Waals surface area contributed by atoms with Crippen LogP contribution in [0.4, 0.5) is 0 Å². The molecule has 2 heteroatoms. The Labute approximate surface area is 117 Å². The van der Waals surface area contributed by atoms with Crippen molar-refractivity contribution in [3.05, 3.63) is 35.9 Å². The maximum Gasteiger partial charge on any atom is 0.105 e. The fraction of sp³-hybridized carbons (Fsp3) is 0.647. The van der Waals surface area contributed by atoms with Crippen molar-refractivity contribution in [1.29, 1.82) is 0 Å². The van der Waals surface area contributed by atoms with Gasteiger partial charge in [0.2, 0.25) is 0 Å². The first-order valence-electron chi connectivity index (χ1n) is 7.64. The van der Waals surface area contributed by atoms with E-state index < -0.39 is 6.10 Å². The Morgan fingerprint density at radius 3 is 2.32 bits per heavy atom. The molecule has 2 atom stereocenters. The molecule has 0 saturated carbocycles. The lowest BCUT2D eigenvalue weighted by molar-refractivity contribution is -0.0416. The Bertz CT molecular complexity index is 310. The molecular formula is C17H28O2. The average molecular weight is 264 g/mol. The van der Waals surface area contributed by atoms with Gasteiger partial charge >= 0.3 is 0 Å². The van der Waals surface area contributed by atoms with E-state index >= 15 is 0 Å². The van der Waals surface area contributed by atoms with E-state index in [0.29, 0.717) is 0 Å². The first kappa shape index (κ1) is 16.2. The second kappa shape index (κ2) is 9.99. The quantitative estimate of drug-likeness (QED) is 0.631. The summed E-state index contributed by atoms with van der Waals surface area (Å²) in [5, 5.41) is 10.3. The van der Waals surface area contributed by atoms with Gasteiger partial charge in [0.25, 0.3) is 0 Å². The lowest BCUT2D eigenvalue weighted by atomic mass is 10.0. The molecule has 1 aromatic rings. The largest absolute Gasteiger partial charge is 0.386 e. The molecule has 19 heavy (non-hydrogen) atoms. The van der Waals surface area contributed by atoms with Crippen LogP contribution >= 0.6 is 0 Å². The number of unbranched alkanes of at least 4 members (excludes halogenated alkanes) is 4. The zero-order valence-electron chi connectivity index (χ0n) is 12.3. The van der Waals surface area contributed by atoms with E-state index in [1.807, 2.05) is 30.3 Å². The topological polar surface area (TPSA) is 29.5 Å². The highest BCUT2D eigenvalue weighted by atomic mass is 16.5. The second-order valence-corrected chi connectivity index (χ2v) is 5.09. The van der Waals surface area contributed by atoms with Gasteiger partial charge in [0.15, 0.2) is 0 Å². The van der Waals surface area contributed by atoms with Crippen molar-refractivity contribution < 1.29 is 9.84 Å². The highest BCUT2D eigenvalue weighted by Gasteiger charge is 2.19. The minimum atomic E-state index is -0.512. The number of benzene rings is 1. The lowest BCUT2D eigenvalue weighted by Crippen LogP contribution is -2.22. The molecule has 0 fully saturated rings. The predicted molar refractivity (Wildman–Crippen MR) is 80.2 cm³/mol. The highest BCUT2D eigenvalue weighted by molar-refractivity contribution is 5.18. The van der Waals surface area contributed by atoms with Gasteiger partial charge in [-0.2, -0.15) is 0 Å². The Morgan fingerprint density at radius 1 is 1.00 bits per heavy atom. The maximum atomic E-state index is 10.3. The molecule has 2 unspecified atom stereocenters. The normalized spacial score (nSPS) is 14.3.